The van der Waals surface area contributed by atoms with E-state index in [0.29, 0.717) is 30.1 Å². The van der Waals surface area contributed by atoms with E-state index in [1.54, 1.807) is 0 Å². The number of nitrogens with zero attached hydrogens (tertiary/aromatic N) is 2. The average molecular weight is 557 g/mol. The number of alkyl halides is 3. The fourth-order valence-electron chi connectivity index (χ4n) is 4.98. The summed E-state index contributed by atoms with van der Waals surface area (Å²) in [5, 5.41) is 2.84. The highest BCUT2D eigenvalue weighted by Gasteiger charge is 2.36. The van der Waals surface area contributed by atoms with Gasteiger partial charge in [0.25, 0.3) is 0 Å². The molecule has 4 rings (SSSR count). The number of pyridine rings is 1. The van der Waals surface area contributed by atoms with E-state index in [9.17, 15) is 30.8 Å². The van der Waals surface area contributed by atoms with Gasteiger partial charge in [-0.05, 0) is 61.3 Å². The van der Waals surface area contributed by atoms with Crippen LogP contribution in [0, 0.1) is 17.7 Å². The van der Waals surface area contributed by atoms with Crippen molar-refractivity contribution in [3.63, 3.8) is 0 Å². The molecule has 1 saturated carbocycles. The molecule has 1 aromatic carbocycles. The summed E-state index contributed by atoms with van der Waals surface area (Å²) in [5.41, 5.74) is -0.293. The number of hydrogen-bond donors (Lipinski definition) is 2. The normalized spacial score (nSPS) is 18.1. The Kier molecular flexibility index (Phi) is 8.20. The van der Waals surface area contributed by atoms with Crippen LogP contribution >= 0.6 is 0 Å². The molecule has 1 amide bonds. The van der Waals surface area contributed by atoms with Crippen LogP contribution in [0.15, 0.2) is 30.3 Å². The van der Waals surface area contributed by atoms with Crippen LogP contribution in [0.3, 0.4) is 0 Å². The maximum Gasteiger partial charge on any atom is 0.433 e. The van der Waals surface area contributed by atoms with Gasteiger partial charge in [0.05, 0.1) is 17.9 Å². The summed E-state index contributed by atoms with van der Waals surface area (Å²) in [6, 6.07) is 6.26. The van der Waals surface area contributed by atoms with Gasteiger partial charge in [-0.3, -0.25) is 9.52 Å². The maximum absolute atomic E-state index is 14.7. The second kappa shape index (κ2) is 11.1. The second-order valence-electron chi connectivity index (χ2n) is 10.3. The third kappa shape index (κ3) is 6.75. The molecule has 2 heterocycles. The molecule has 1 aromatic heterocycles. The van der Waals surface area contributed by atoms with E-state index < -0.39 is 33.6 Å². The summed E-state index contributed by atoms with van der Waals surface area (Å²) in [4.78, 5) is 19.1. The Morgan fingerprint density at radius 2 is 1.82 bits per heavy atom. The standard InChI is InChI=1S/C26H32F4N4O3S/c1-16-10-12-34(13-11-16)24-19(7-9-22(32-24)26(28,29)30)15-31-25(35)23(17-4-3-5-17)18-6-8-21(20(27)14-18)33-38(2,36)37/h6-9,14,16-17,23,33H,3-5,10-13,15H2,1-2H3,(H,31,35). The molecule has 0 spiro atoms. The van der Waals surface area contributed by atoms with Crippen molar-refractivity contribution in [3.05, 3.63) is 53.0 Å². The lowest BCUT2D eigenvalue weighted by atomic mass is 9.72. The molecule has 1 aliphatic heterocycles. The third-order valence-corrected chi connectivity index (χ3v) is 7.92. The Morgan fingerprint density at radius 3 is 2.37 bits per heavy atom. The van der Waals surface area contributed by atoms with Crippen LogP contribution in [-0.2, 0) is 27.5 Å². The van der Waals surface area contributed by atoms with Gasteiger partial charge < -0.3 is 10.2 Å². The number of nitrogens with one attached hydrogen (secondary N) is 2. The number of anilines is 2. The number of rotatable bonds is 8. The molecule has 12 heteroatoms. The molecule has 2 aromatic rings. The van der Waals surface area contributed by atoms with E-state index in [-0.39, 0.29) is 29.9 Å². The number of halogens is 4. The van der Waals surface area contributed by atoms with Crippen molar-refractivity contribution in [1.82, 2.24) is 10.3 Å². The first-order valence-electron chi connectivity index (χ1n) is 12.7. The fraction of sp³-hybridized carbons (Fsp3) is 0.538. The highest BCUT2D eigenvalue weighted by molar-refractivity contribution is 7.92. The van der Waals surface area contributed by atoms with E-state index in [2.05, 4.69) is 21.9 Å². The van der Waals surface area contributed by atoms with Crippen LogP contribution < -0.4 is 14.9 Å². The fourth-order valence-corrected chi connectivity index (χ4v) is 5.54. The zero-order chi connectivity index (χ0) is 27.7. The maximum atomic E-state index is 14.7. The first kappa shape index (κ1) is 28.1. The van der Waals surface area contributed by atoms with Crippen molar-refractivity contribution in [2.45, 2.75) is 57.7 Å². The molecule has 1 saturated heterocycles. The topological polar surface area (TPSA) is 91.4 Å². The Labute approximate surface area is 220 Å². The minimum atomic E-state index is -4.59. The van der Waals surface area contributed by atoms with Crippen molar-refractivity contribution >= 4 is 27.4 Å². The predicted octanol–water partition coefficient (Wildman–Crippen LogP) is 5.05. The molecular formula is C26H32F4N4O3S. The van der Waals surface area contributed by atoms with Crippen LogP contribution in [0.2, 0.25) is 0 Å². The SMILES string of the molecule is CC1CCN(c2nc(C(F)(F)F)ccc2CNC(=O)C(c2ccc(NS(C)(=O)=O)c(F)c2)C2CCC2)CC1. The molecule has 2 aliphatic rings. The lowest BCUT2D eigenvalue weighted by Gasteiger charge is -2.34. The van der Waals surface area contributed by atoms with Crippen LogP contribution in [0.25, 0.3) is 0 Å². The van der Waals surface area contributed by atoms with Crippen LogP contribution in [-0.4, -0.2) is 38.7 Å². The highest BCUT2D eigenvalue weighted by atomic mass is 32.2. The highest BCUT2D eigenvalue weighted by Crippen LogP contribution is 2.40. The first-order valence-corrected chi connectivity index (χ1v) is 14.6. The van der Waals surface area contributed by atoms with Crippen molar-refractivity contribution in [1.29, 1.82) is 0 Å². The van der Waals surface area contributed by atoms with E-state index in [1.807, 2.05) is 4.90 Å². The molecule has 7 nitrogen and oxygen atoms in total. The Morgan fingerprint density at radius 1 is 1.13 bits per heavy atom. The van der Waals surface area contributed by atoms with Crippen molar-refractivity contribution < 1.29 is 30.8 Å². The predicted molar refractivity (Wildman–Crippen MR) is 137 cm³/mol. The molecule has 2 fully saturated rings. The van der Waals surface area contributed by atoms with E-state index in [1.165, 1.54) is 18.2 Å². The number of benzene rings is 1. The van der Waals surface area contributed by atoms with Crippen LogP contribution in [0.1, 0.15) is 61.8 Å². The quantitative estimate of drug-likeness (QED) is 0.445. The van der Waals surface area contributed by atoms with Gasteiger partial charge in [0.1, 0.15) is 17.3 Å². The monoisotopic (exact) mass is 556 g/mol. The number of piperidine rings is 1. The number of carbonyl (C=O) groups is 1. The van der Waals surface area contributed by atoms with E-state index in [0.717, 1.165) is 50.5 Å². The number of sulfonamides is 1. The van der Waals surface area contributed by atoms with Crippen LogP contribution in [0.5, 0.6) is 0 Å². The van der Waals surface area contributed by atoms with E-state index >= 15 is 0 Å². The van der Waals surface area contributed by atoms with Gasteiger partial charge in [0, 0.05) is 25.2 Å². The minimum Gasteiger partial charge on any atom is -0.356 e. The molecule has 1 unspecified atom stereocenters. The molecule has 2 N–H and O–H groups in total. The first-order chi connectivity index (χ1) is 17.8. The molecule has 1 aliphatic carbocycles. The molecule has 1 atom stereocenters. The van der Waals surface area contributed by atoms with Gasteiger partial charge in [-0.15, -0.1) is 0 Å². The van der Waals surface area contributed by atoms with Crippen molar-refractivity contribution in [3.8, 4) is 0 Å². The summed E-state index contributed by atoms with van der Waals surface area (Å²) >= 11 is 0. The summed E-state index contributed by atoms with van der Waals surface area (Å²) in [6.45, 7) is 3.23. The average Bonchev–Trinajstić information content (AvgIpc) is 2.80. The third-order valence-electron chi connectivity index (χ3n) is 7.33. The summed E-state index contributed by atoms with van der Waals surface area (Å²) in [6.07, 6.45) is 0.499. The Balaban J connectivity index is 1.56. The zero-order valence-corrected chi connectivity index (χ0v) is 22.1. The van der Waals surface area contributed by atoms with Gasteiger partial charge in [-0.1, -0.05) is 25.5 Å². The molecule has 208 valence electrons. The van der Waals surface area contributed by atoms with Gasteiger partial charge in [0.2, 0.25) is 15.9 Å². The summed E-state index contributed by atoms with van der Waals surface area (Å²) < 4.78 is 80.0. The van der Waals surface area contributed by atoms with Crippen molar-refractivity contribution in [2.24, 2.45) is 11.8 Å². The van der Waals surface area contributed by atoms with Crippen LogP contribution in [0.4, 0.5) is 29.1 Å². The number of hydrogen-bond acceptors (Lipinski definition) is 5. The van der Waals surface area contributed by atoms with E-state index in [4.69, 9.17) is 0 Å². The summed E-state index contributed by atoms with van der Waals surface area (Å²) in [5.74, 6) is -1.16. The molecule has 38 heavy (non-hydrogen) atoms. The lowest BCUT2D eigenvalue weighted by molar-refractivity contribution is -0.141. The number of aromatic nitrogens is 1. The smallest absolute Gasteiger partial charge is 0.356 e. The Bertz CT molecular complexity index is 1270. The number of amides is 1. The molecule has 0 bridgehead atoms. The zero-order valence-electron chi connectivity index (χ0n) is 21.3. The Hall–Kier alpha value is -2.89. The molecular weight excluding hydrogens is 524 g/mol. The van der Waals surface area contributed by atoms with Gasteiger partial charge >= 0.3 is 6.18 Å². The summed E-state index contributed by atoms with van der Waals surface area (Å²) in [7, 11) is -3.68. The second-order valence-corrected chi connectivity index (χ2v) is 12.1. The van der Waals surface area contributed by atoms with Gasteiger partial charge in [-0.25, -0.2) is 17.8 Å². The molecule has 0 radical (unpaired) electrons. The van der Waals surface area contributed by atoms with Crippen molar-refractivity contribution in [2.75, 3.05) is 29.0 Å². The van der Waals surface area contributed by atoms with Gasteiger partial charge in [0.15, 0.2) is 0 Å². The lowest BCUT2D eigenvalue weighted by Crippen LogP contribution is -2.37. The largest absolute Gasteiger partial charge is 0.433 e. The van der Waals surface area contributed by atoms with Gasteiger partial charge in [-0.2, -0.15) is 13.2 Å². The minimum absolute atomic E-state index is 0.0168. The number of carbonyl (C=O) groups excluding carboxylic acids is 1.